The molecule has 3 heterocycles. The van der Waals surface area contributed by atoms with Gasteiger partial charge in [-0.05, 0) is 6.42 Å². The van der Waals surface area contributed by atoms with Crippen molar-refractivity contribution in [3.05, 3.63) is 29.6 Å². The third-order valence-corrected chi connectivity index (χ3v) is 3.83. The highest BCUT2D eigenvalue weighted by molar-refractivity contribution is 5.43. The fraction of sp³-hybridized carbons (Fsp3) is 0.600. The molecule has 1 aliphatic heterocycles. The predicted molar refractivity (Wildman–Crippen MR) is 80.7 cm³/mol. The van der Waals surface area contributed by atoms with Crippen molar-refractivity contribution in [3.63, 3.8) is 0 Å². The highest BCUT2D eigenvalue weighted by Gasteiger charge is 2.32. The van der Waals surface area contributed by atoms with E-state index in [0.29, 0.717) is 43.6 Å². The van der Waals surface area contributed by atoms with Crippen molar-refractivity contribution in [1.29, 1.82) is 0 Å². The second kappa shape index (κ2) is 6.57. The lowest BCUT2D eigenvalue weighted by molar-refractivity contribution is 0.0900. The number of rotatable bonds is 4. The van der Waals surface area contributed by atoms with Gasteiger partial charge in [0.25, 0.3) is 0 Å². The molecule has 0 radical (unpaired) electrons. The molecular formula is C15H20FN5O2. The van der Waals surface area contributed by atoms with E-state index in [1.54, 1.807) is 0 Å². The van der Waals surface area contributed by atoms with Gasteiger partial charge in [0.2, 0.25) is 5.89 Å². The zero-order chi connectivity index (χ0) is 16.4. The number of hydrogen-bond acceptors (Lipinski definition) is 7. The van der Waals surface area contributed by atoms with Crippen molar-refractivity contribution in [2.24, 2.45) is 0 Å². The molecule has 7 nitrogen and oxygen atoms in total. The zero-order valence-corrected chi connectivity index (χ0v) is 13.5. The van der Waals surface area contributed by atoms with Gasteiger partial charge in [0.15, 0.2) is 17.5 Å². The van der Waals surface area contributed by atoms with E-state index in [9.17, 15) is 4.39 Å². The number of morpholine rings is 1. The number of hydrogen-bond donors (Lipinski definition) is 0. The number of anilines is 1. The van der Waals surface area contributed by atoms with Gasteiger partial charge < -0.3 is 14.2 Å². The molecule has 1 aliphatic rings. The Kier molecular flexibility index (Phi) is 4.51. The number of halogens is 1. The van der Waals surface area contributed by atoms with Crippen LogP contribution in [0.2, 0.25) is 0 Å². The Bertz CT molecular complexity index is 676. The van der Waals surface area contributed by atoms with E-state index < -0.39 is 5.82 Å². The summed E-state index contributed by atoms with van der Waals surface area (Å²) in [5.74, 6) is 1.06. The summed E-state index contributed by atoms with van der Waals surface area (Å²) in [6.45, 7) is 7.18. The van der Waals surface area contributed by atoms with E-state index in [1.165, 1.54) is 6.33 Å². The van der Waals surface area contributed by atoms with Crippen molar-refractivity contribution in [2.75, 3.05) is 24.7 Å². The smallest absolute Gasteiger partial charge is 0.229 e. The zero-order valence-electron chi connectivity index (χ0n) is 13.5. The van der Waals surface area contributed by atoms with E-state index in [2.05, 4.69) is 20.1 Å². The van der Waals surface area contributed by atoms with Gasteiger partial charge in [-0.2, -0.15) is 4.98 Å². The fourth-order valence-electron chi connectivity index (χ4n) is 2.53. The molecular weight excluding hydrogens is 301 g/mol. The van der Waals surface area contributed by atoms with Crippen LogP contribution in [0.25, 0.3) is 0 Å². The molecule has 0 saturated carbocycles. The number of aromatic nitrogens is 4. The molecule has 8 heteroatoms. The highest BCUT2D eigenvalue weighted by Crippen LogP contribution is 2.30. The van der Waals surface area contributed by atoms with Gasteiger partial charge in [0.1, 0.15) is 12.4 Å². The van der Waals surface area contributed by atoms with Gasteiger partial charge in [-0.3, -0.25) is 0 Å². The standard InChI is InChI=1S/C15H20FN5O2/c1-4-10-12(16)14(18-8-17-10)21-5-6-22-7-11(21)13-19-15(9(2)3)23-20-13/h8-9,11H,4-7H2,1-3H3. The summed E-state index contributed by atoms with van der Waals surface area (Å²) in [5.41, 5.74) is 0.399. The first-order valence-electron chi connectivity index (χ1n) is 7.79. The van der Waals surface area contributed by atoms with Crippen LogP contribution < -0.4 is 4.90 Å². The lowest BCUT2D eigenvalue weighted by Gasteiger charge is -2.34. The molecule has 0 bridgehead atoms. The molecule has 1 unspecified atom stereocenters. The quantitative estimate of drug-likeness (QED) is 0.854. The Labute approximate surface area is 133 Å². The fourth-order valence-corrected chi connectivity index (χ4v) is 2.53. The Balaban J connectivity index is 1.95. The van der Waals surface area contributed by atoms with Crippen LogP contribution in [0.1, 0.15) is 50.1 Å². The highest BCUT2D eigenvalue weighted by atomic mass is 19.1. The van der Waals surface area contributed by atoms with E-state index in [4.69, 9.17) is 9.26 Å². The van der Waals surface area contributed by atoms with Crippen LogP contribution in [-0.2, 0) is 11.2 Å². The number of aryl methyl sites for hydroxylation is 1. The van der Waals surface area contributed by atoms with Crippen LogP contribution in [0.4, 0.5) is 10.2 Å². The maximum atomic E-state index is 14.6. The average molecular weight is 321 g/mol. The normalized spacial score (nSPS) is 18.7. The molecule has 0 aliphatic carbocycles. The van der Waals surface area contributed by atoms with Crippen LogP contribution in [0.15, 0.2) is 10.9 Å². The molecule has 1 saturated heterocycles. The van der Waals surface area contributed by atoms with Crippen LogP contribution >= 0.6 is 0 Å². The van der Waals surface area contributed by atoms with E-state index in [0.717, 1.165) is 0 Å². The predicted octanol–water partition coefficient (Wildman–Crippen LogP) is 2.26. The number of nitrogens with zero attached hydrogens (tertiary/aromatic N) is 5. The van der Waals surface area contributed by atoms with Gasteiger partial charge >= 0.3 is 0 Å². The van der Waals surface area contributed by atoms with Gasteiger partial charge in [-0.15, -0.1) is 0 Å². The molecule has 3 rings (SSSR count). The van der Waals surface area contributed by atoms with E-state index in [-0.39, 0.29) is 17.8 Å². The summed E-state index contributed by atoms with van der Waals surface area (Å²) in [7, 11) is 0. The minimum absolute atomic E-state index is 0.136. The van der Waals surface area contributed by atoms with Crippen molar-refractivity contribution in [1.82, 2.24) is 20.1 Å². The van der Waals surface area contributed by atoms with Gasteiger partial charge in [-0.1, -0.05) is 25.9 Å². The first-order valence-corrected chi connectivity index (χ1v) is 7.79. The first kappa shape index (κ1) is 15.8. The summed E-state index contributed by atoms with van der Waals surface area (Å²) >= 11 is 0. The number of ether oxygens (including phenoxy) is 1. The van der Waals surface area contributed by atoms with Crippen molar-refractivity contribution in [3.8, 4) is 0 Å². The molecule has 124 valence electrons. The third kappa shape index (κ3) is 3.03. The summed E-state index contributed by atoms with van der Waals surface area (Å²) < 4.78 is 25.4. The van der Waals surface area contributed by atoms with Crippen molar-refractivity contribution >= 4 is 5.82 Å². The molecule has 0 N–H and O–H groups in total. The van der Waals surface area contributed by atoms with Gasteiger partial charge in [0.05, 0.1) is 18.9 Å². The summed E-state index contributed by atoms with van der Waals surface area (Å²) in [5, 5.41) is 4.04. The molecule has 2 aromatic rings. The second-order valence-corrected chi connectivity index (χ2v) is 5.74. The largest absolute Gasteiger partial charge is 0.377 e. The molecule has 0 amide bonds. The van der Waals surface area contributed by atoms with Crippen LogP contribution in [0.5, 0.6) is 0 Å². The van der Waals surface area contributed by atoms with Gasteiger partial charge in [-0.25, -0.2) is 14.4 Å². The maximum Gasteiger partial charge on any atom is 0.229 e. The van der Waals surface area contributed by atoms with E-state index in [1.807, 2.05) is 25.7 Å². The topological polar surface area (TPSA) is 77.2 Å². The summed E-state index contributed by atoms with van der Waals surface area (Å²) in [6.07, 6.45) is 1.90. The Morgan fingerprint density at radius 2 is 2.22 bits per heavy atom. The monoisotopic (exact) mass is 321 g/mol. The van der Waals surface area contributed by atoms with Crippen LogP contribution in [0, 0.1) is 5.82 Å². The Hall–Kier alpha value is -2.09. The van der Waals surface area contributed by atoms with Crippen molar-refractivity contribution in [2.45, 2.75) is 39.2 Å². The first-order chi connectivity index (χ1) is 11.1. The molecule has 0 aromatic carbocycles. The molecule has 23 heavy (non-hydrogen) atoms. The summed E-state index contributed by atoms with van der Waals surface area (Å²) in [6, 6.07) is -0.325. The Morgan fingerprint density at radius 1 is 1.39 bits per heavy atom. The minimum atomic E-state index is -0.394. The average Bonchev–Trinajstić information content (AvgIpc) is 3.05. The molecule has 0 spiro atoms. The van der Waals surface area contributed by atoms with E-state index >= 15 is 0 Å². The van der Waals surface area contributed by atoms with Crippen LogP contribution in [-0.4, -0.2) is 39.9 Å². The molecule has 1 atom stereocenters. The minimum Gasteiger partial charge on any atom is -0.377 e. The lowest BCUT2D eigenvalue weighted by atomic mass is 10.2. The van der Waals surface area contributed by atoms with Gasteiger partial charge in [0, 0.05) is 12.5 Å². The molecule has 1 fully saturated rings. The summed E-state index contributed by atoms with van der Waals surface area (Å²) in [4.78, 5) is 14.4. The lowest BCUT2D eigenvalue weighted by Crippen LogP contribution is -2.41. The third-order valence-electron chi connectivity index (χ3n) is 3.83. The second-order valence-electron chi connectivity index (χ2n) is 5.74. The maximum absolute atomic E-state index is 14.6. The van der Waals surface area contributed by atoms with Crippen molar-refractivity contribution < 1.29 is 13.7 Å². The SMILES string of the molecule is CCc1ncnc(N2CCOCC2c2noc(C(C)C)n2)c1F. The molecule has 2 aromatic heterocycles. The Morgan fingerprint density at radius 3 is 2.91 bits per heavy atom. The van der Waals surface area contributed by atoms with Crippen LogP contribution in [0.3, 0.4) is 0 Å².